The maximum Gasteiger partial charge on any atom is 0.410 e. The highest BCUT2D eigenvalue weighted by atomic mass is 19.2. The largest absolute Gasteiger partial charge is 0.481 e. The third-order valence-corrected chi connectivity index (χ3v) is 6.11. The molecule has 1 aromatic carbocycles. The molecule has 2 aromatic rings. The number of halogens is 2. The van der Waals surface area contributed by atoms with Gasteiger partial charge in [0.1, 0.15) is 16.9 Å². The number of carboxylic acids is 1. The van der Waals surface area contributed by atoms with Crippen LogP contribution in [0.3, 0.4) is 0 Å². The van der Waals surface area contributed by atoms with Crippen molar-refractivity contribution >= 4 is 23.1 Å². The van der Waals surface area contributed by atoms with Gasteiger partial charge < -0.3 is 25.0 Å². The Morgan fingerprint density at radius 1 is 1.17 bits per heavy atom. The Hall–Kier alpha value is -2.75. The number of H-pyrrole nitrogens is 1. The molecule has 2 fully saturated rings. The number of ether oxygens (including phenoxy) is 1. The van der Waals surface area contributed by atoms with Crippen LogP contribution in [0.5, 0.6) is 0 Å². The summed E-state index contributed by atoms with van der Waals surface area (Å²) in [4.78, 5) is 31.4. The number of carbonyl (C=O) groups excluding carboxylic acids is 1. The van der Waals surface area contributed by atoms with Crippen LogP contribution in [0.25, 0.3) is 11.0 Å². The van der Waals surface area contributed by atoms with E-state index in [0.717, 1.165) is 44.7 Å². The number of hydrogen-bond donors (Lipinski definition) is 3. The first-order chi connectivity index (χ1) is 16.5. The van der Waals surface area contributed by atoms with Crippen LogP contribution < -0.4 is 5.32 Å². The van der Waals surface area contributed by atoms with Gasteiger partial charge in [0.2, 0.25) is 0 Å². The fourth-order valence-electron chi connectivity index (χ4n) is 4.47. The first-order valence-corrected chi connectivity index (χ1v) is 12.3. The molecule has 2 aliphatic heterocycles. The summed E-state index contributed by atoms with van der Waals surface area (Å²) in [6.07, 6.45) is 6.47. The first-order valence-electron chi connectivity index (χ1n) is 12.3. The van der Waals surface area contributed by atoms with Gasteiger partial charge in [0.25, 0.3) is 0 Å². The van der Waals surface area contributed by atoms with E-state index in [0.29, 0.717) is 23.9 Å². The van der Waals surface area contributed by atoms with Crippen molar-refractivity contribution in [3.63, 3.8) is 0 Å². The molecule has 0 radical (unpaired) electrons. The second-order valence-electron chi connectivity index (χ2n) is 10.2. The van der Waals surface area contributed by atoms with E-state index in [1.165, 1.54) is 18.9 Å². The molecular formula is C25H36F2N4O4. The van der Waals surface area contributed by atoms with E-state index in [1.54, 1.807) is 25.7 Å². The van der Waals surface area contributed by atoms with Gasteiger partial charge in [0, 0.05) is 25.0 Å². The molecule has 3 heterocycles. The number of fused-ring (bicyclic) bond motifs is 1. The highest BCUT2D eigenvalue weighted by Gasteiger charge is 2.31. The Balaban J connectivity index is 0.000000196. The maximum atomic E-state index is 13.5. The van der Waals surface area contributed by atoms with Gasteiger partial charge in [-0.25, -0.2) is 18.6 Å². The van der Waals surface area contributed by atoms with E-state index < -0.39 is 29.3 Å². The number of carbonyl (C=O) groups is 2. The highest BCUT2D eigenvalue weighted by molar-refractivity contribution is 5.75. The zero-order valence-corrected chi connectivity index (χ0v) is 20.7. The number of aromatic amines is 1. The van der Waals surface area contributed by atoms with Crippen LogP contribution in [-0.4, -0.2) is 62.8 Å². The van der Waals surface area contributed by atoms with Crippen molar-refractivity contribution in [2.75, 3.05) is 13.1 Å². The summed E-state index contributed by atoms with van der Waals surface area (Å²) >= 11 is 0. The standard InChI is InChI=1S/C13H15F2N3.C12H21NO4/c14-9-4-5-10-13(12(9)15)18-11(17-10)7-8-3-1-2-6-16-8;1-12(2,3)17-11(16)13-7-5-4-6-9(13)8-10(14)15/h4-5,8,16H,1-3,6-7H2,(H,17,18);9H,4-8H2,1-3H3,(H,14,15). The second kappa shape index (κ2) is 11.8. The zero-order valence-electron chi connectivity index (χ0n) is 20.7. The molecule has 2 saturated heterocycles. The Kier molecular flexibility index (Phi) is 9.04. The van der Waals surface area contributed by atoms with Crippen molar-refractivity contribution in [1.29, 1.82) is 0 Å². The number of nitrogens with one attached hydrogen (secondary N) is 2. The number of benzene rings is 1. The number of aliphatic carboxylic acids is 1. The molecule has 1 aromatic heterocycles. The van der Waals surface area contributed by atoms with Gasteiger partial charge in [-0.15, -0.1) is 0 Å². The van der Waals surface area contributed by atoms with E-state index in [2.05, 4.69) is 15.3 Å². The van der Waals surface area contributed by atoms with Gasteiger partial charge in [-0.3, -0.25) is 4.79 Å². The minimum Gasteiger partial charge on any atom is -0.481 e. The summed E-state index contributed by atoms with van der Waals surface area (Å²) in [5.41, 5.74) is 0.114. The lowest BCUT2D eigenvalue weighted by molar-refractivity contribution is -0.138. The van der Waals surface area contributed by atoms with Crippen LogP contribution in [0.1, 0.15) is 71.5 Å². The third-order valence-electron chi connectivity index (χ3n) is 6.11. The fourth-order valence-corrected chi connectivity index (χ4v) is 4.47. The topological polar surface area (TPSA) is 108 Å². The summed E-state index contributed by atoms with van der Waals surface area (Å²) in [6, 6.07) is 2.81. The molecule has 0 bridgehead atoms. The first kappa shape index (κ1) is 26.8. The zero-order chi connectivity index (χ0) is 25.6. The predicted octanol–water partition coefficient (Wildman–Crippen LogP) is 4.78. The Labute approximate surface area is 204 Å². The number of hydrogen-bond acceptors (Lipinski definition) is 5. The normalized spacial score (nSPS) is 20.8. The SMILES string of the molecule is CC(C)(C)OC(=O)N1CCCCC1CC(=O)O.Fc1ccc2[nH]c(CC3CCCCN3)nc2c1F. The lowest BCUT2D eigenvalue weighted by Gasteiger charge is -2.36. The summed E-state index contributed by atoms with van der Waals surface area (Å²) in [5, 5.41) is 12.2. The van der Waals surface area contributed by atoms with E-state index in [-0.39, 0.29) is 18.0 Å². The second-order valence-corrected chi connectivity index (χ2v) is 10.2. The number of nitrogens with zero attached hydrogens (tertiary/aromatic N) is 2. The van der Waals surface area contributed by atoms with Gasteiger partial charge in [0.05, 0.1) is 11.9 Å². The van der Waals surface area contributed by atoms with Crippen LogP contribution in [0.2, 0.25) is 0 Å². The van der Waals surface area contributed by atoms with Crippen LogP contribution >= 0.6 is 0 Å². The average Bonchev–Trinajstić information content (AvgIpc) is 3.19. The van der Waals surface area contributed by atoms with Crippen LogP contribution in [0, 0.1) is 11.6 Å². The lowest BCUT2D eigenvalue weighted by atomic mass is 10.00. The average molecular weight is 495 g/mol. The molecule has 2 atom stereocenters. The molecule has 35 heavy (non-hydrogen) atoms. The number of likely N-dealkylation sites (tertiary alicyclic amines) is 1. The summed E-state index contributed by atoms with van der Waals surface area (Å²) < 4.78 is 31.9. The molecule has 0 aliphatic carbocycles. The number of piperidine rings is 2. The smallest absolute Gasteiger partial charge is 0.410 e. The van der Waals surface area contributed by atoms with Gasteiger partial charge >= 0.3 is 12.1 Å². The molecule has 0 saturated carbocycles. The molecule has 8 nitrogen and oxygen atoms in total. The third kappa shape index (κ3) is 7.88. The van der Waals surface area contributed by atoms with Gasteiger partial charge in [-0.2, -0.15) is 0 Å². The van der Waals surface area contributed by atoms with Gasteiger partial charge in [-0.1, -0.05) is 6.42 Å². The number of imidazole rings is 1. The monoisotopic (exact) mass is 494 g/mol. The molecule has 0 spiro atoms. The molecule has 2 unspecified atom stereocenters. The predicted molar refractivity (Wildman–Crippen MR) is 128 cm³/mol. The van der Waals surface area contributed by atoms with Crippen molar-refractivity contribution in [2.45, 2.75) is 89.8 Å². The summed E-state index contributed by atoms with van der Waals surface area (Å²) in [5.74, 6) is -1.87. The molecule has 194 valence electrons. The number of carboxylic acid groups (broad SMARTS) is 1. The summed E-state index contributed by atoms with van der Waals surface area (Å²) in [7, 11) is 0. The van der Waals surface area contributed by atoms with Crippen LogP contribution in [0.4, 0.5) is 13.6 Å². The van der Waals surface area contributed by atoms with Crippen LogP contribution in [0.15, 0.2) is 12.1 Å². The fraction of sp³-hybridized carbons (Fsp3) is 0.640. The molecule has 1 amide bonds. The maximum absolute atomic E-state index is 13.5. The van der Waals surface area contributed by atoms with E-state index in [1.807, 2.05) is 0 Å². The number of amides is 1. The van der Waals surface area contributed by atoms with E-state index in [4.69, 9.17) is 9.84 Å². The molecule has 4 rings (SSSR count). The molecular weight excluding hydrogens is 458 g/mol. The van der Waals surface area contributed by atoms with Crippen molar-refractivity contribution in [2.24, 2.45) is 0 Å². The summed E-state index contributed by atoms with van der Waals surface area (Å²) in [6.45, 7) is 7.03. The Morgan fingerprint density at radius 3 is 2.57 bits per heavy atom. The van der Waals surface area contributed by atoms with Crippen molar-refractivity contribution in [3.05, 3.63) is 29.6 Å². The minimum atomic E-state index is -0.870. The Morgan fingerprint density at radius 2 is 1.91 bits per heavy atom. The van der Waals surface area contributed by atoms with Crippen molar-refractivity contribution in [3.8, 4) is 0 Å². The lowest BCUT2D eigenvalue weighted by Crippen LogP contribution is -2.46. The number of aromatic nitrogens is 2. The highest BCUT2D eigenvalue weighted by Crippen LogP contribution is 2.23. The Bertz CT molecular complexity index is 1010. The van der Waals surface area contributed by atoms with Gasteiger partial charge in [0.15, 0.2) is 11.6 Å². The number of rotatable bonds is 4. The molecule has 10 heteroatoms. The van der Waals surface area contributed by atoms with Gasteiger partial charge in [-0.05, 0) is 71.6 Å². The van der Waals surface area contributed by atoms with E-state index in [9.17, 15) is 18.4 Å². The molecule has 2 aliphatic rings. The minimum absolute atomic E-state index is 0.000751. The van der Waals surface area contributed by atoms with Crippen molar-refractivity contribution in [1.82, 2.24) is 20.2 Å². The van der Waals surface area contributed by atoms with E-state index >= 15 is 0 Å². The van der Waals surface area contributed by atoms with Crippen molar-refractivity contribution < 1.29 is 28.2 Å². The molecule has 3 N–H and O–H groups in total. The van der Waals surface area contributed by atoms with Crippen LogP contribution in [-0.2, 0) is 16.0 Å². The quantitative estimate of drug-likeness (QED) is 0.565.